The summed E-state index contributed by atoms with van der Waals surface area (Å²) in [6.07, 6.45) is 1.51. The molecule has 0 atom stereocenters. The summed E-state index contributed by atoms with van der Waals surface area (Å²) in [5.41, 5.74) is 3.85. The second-order valence-corrected chi connectivity index (χ2v) is 6.53. The minimum Gasteiger partial charge on any atom is -0.469 e. The molecule has 0 aromatic heterocycles. The standard InChI is InChI=1S/C25H23NO3/c1-29-25(28)17-24(27)26(18-20-11-5-2-6-12-20)19-23(21-13-7-3-8-14-21)22-15-9-4-10-16-22/h2-16,19H,17-18H2,1H3. The van der Waals surface area contributed by atoms with Gasteiger partial charge in [0.2, 0.25) is 5.91 Å². The molecule has 3 rings (SSSR count). The Morgan fingerprint density at radius 3 is 1.76 bits per heavy atom. The molecule has 146 valence electrons. The molecule has 0 spiro atoms. The van der Waals surface area contributed by atoms with E-state index in [-0.39, 0.29) is 12.3 Å². The molecular formula is C25H23NO3. The Kier molecular flexibility index (Phi) is 6.95. The van der Waals surface area contributed by atoms with E-state index in [2.05, 4.69) is 4.74 Å². The van der Waals surface area contributed by atoms with Gasteiger partial charge in [0, 0.05) is 11.8 Å². The maximum absolute atomic E-state index is 12.9. The summed E-state index contributed by atoms with van der Waals surface area (Å²) >= 11 is 0. The summed E-state index contributed by atoms with van der Waals surface area (Å²) in [5, 5.41) is 0. The van der Waals surface area contributed by atoms with Gasteiger partial charge in [0.1, 0.15) is 6.42 Å². The molecule has 0 aliphatic carbocycles. The van der Waals surface area contributed by atoms with Crippen molar-refractivity contribution in [2.75, 3.05) is 7.11 Å². The van der Waals surface area contributed by atoms with E-state index in [4.69, 9.17) is 0 Å². The fourth-order valence-corrected chi connectivity index (χ4v) is 2.99. The van der Waals surface area contributed by atoms with Gasteiger partial charge in [-0.3, -0.25) is 9.59 Å². The molecule has 29 heavy (non-hydrogen) atoms. The number of methoxy groups -OCH3 is 1. The lowest BCUT2D eigenvalue weighted by Gasteiger charge is -2.21. The van der Waals surface area contributed by atoms with E-state index in [1.54, 1.807) is 4.90 Å². The first-order valence-corrected chi connectivity index (χ1v) is 9.40. The number of esters is 1. The first-order chi connectivity index (χ1) is 14.2. The Hall–Kier alpha value is -3.66. The van der Waals surface area contributed by atoms with Crippen LogP contribution in [0.5, 0.6) is 0 Å². The van der Waals surface area contributed by atoms with Crippen molar-refractivity contribution in [3.8, 4) is 0 Å². The van der Waals surface area contributed by atoms with E-state index in [0.717, 1.165) is 22.3 Å². The number of ether oxygens (including phenoxy) is 1. The molecular weight excluding hydrogens is 362 g/mol. The Bertz CT molecular complexity index is 925. The molecule has 0 N–H and O–H groups in total. The third kappa shape index (κ3) is 5.66. The summed E-state index contributed by atoms with van der Waals surface area (Å²) in [4.78, 5) is 26.2. The maximum Gasteiger partial charge on any atom is 0.315 e. The normalized spacial score (nSPS) is 10.1. The summed E-state index contributed by atoms with van der Waals surface area (Å²) < 4.78 is 4.69. The third-order valence-corrected chi connectivity index (χ3v) is 4.49. The molecule has 0 heterocycles. The summed E-state index contributed by atoms with van der Waals surface area (Å²) in [5.74, 6) is -0.868. The van der Waals surface area contributed by atoms with Gasteiger partial charge in [-0.05, 0) is 16.7 Å². The number of carbonyl (C=O) groups excluding carboxylic acids is 2. The summed E-state index contributed by atoms with van der Waals surface area (Å²) in [7, 11) is 1.28. The Morgan fingerprint density at radius 1 is 0.793 bits per heavy atom. The van der Waals surface area contributed by atoms with Crippen molar-refractivity contribution in [3.63, 3.8) is 0 Å². The molecule has 1 amide bonds. The molecule has 0 saturated carbocycles. The SMILES string of the molecule is COC(=O)CC(=O)N(C=C(c1ccccc1)c1ccccc1)Cc1ccccc1. The molecule has 0 bridgehead atoms. The van der Waals surface area contributed by atoms with Crippen LogP contribution < -0.4 is 0 Å². The average molecular weight is 385 g/mol. The zero-order valence-corrected chi connectivity index (χ0v) is 16.3. The first kappa shape index (κ1) is 20.1. The van der Waals surface area contributed by atoms with Crippen LogP contribution in [0.4, 0.5) is 0 Å². The molecule has 0 fully saturated rings. The molecule has 3 aromatic carbocycles. The monoisotopic (exact) mass is 385 g/mol. The van der Waals surface area contributed by atoms with E-state index in [0.29, 0.717) is 6.54 Å². The molecule has 0 aliphatic heterocycles. The lowest BCUT2D eigenvalue weighted by Crippen LogP contribution is -2.28. The van der Waals surface area contributed by atoms with E-state index in [1.807, 2.05) is 97.2 Å². The van der Waals surface area contributed by atoms with Crippen molar-refractivity contribution < 1.29 is 14.3 Å². The van der Waals surface area contributed by atoms with Crippen LogP contribution >= 0.6 is 0 Å². The van der Waals surface area contributed by atoms with Crippen LogP contribution in [0.3, 0.4) is 0 Å². The van der Waals surface area contributed by atoms with E-state index >= 15 is 0 Å². The van der Waals surface area contributed by atoms with Gasteiger partial charge in [0.15, 0.2) is 0 Å². The van der Waals surface area contributed by atoms with Crippen molar-refractivity contribution in [3.05, 3.63) is 114 Å². The molecule has 3 aromatic rings. The van der Waals surface area contributed by atoms with Gasteiger partial charge in [-0.1, -0.05) is 91.0 Å². The van der Waals surface area contributed by atoms with Crippen LogP contribution in [0.2, 0.25) is 0 Å². The van der Waals surface area contributed by atoms with Crippen molar-refractivity contribution in [2.24, 2.45) is 0 Å². The van der Waals surface area contributed by atoms with Crippen LogP contribution in [0.1, 0.15) is 23.1 Å². The fourth-order valence-electron chi connectivity index (χ4n) is 2.99. The summed E-state index contributed by atoms with van der Waals surface area (Å²) in [6.45, 7) is 0.361. The minimum absolute atomic E-state index is 0.309. The van der Waals surface area contributed by atoms with Crippen molar-refractivity contribution >= 4 is 17.4 Å². The van der Waals surface area contributed by atoms with Gasteiger partial charge < -0.3 is 9.64 Å². The minimum atomic E-state index is -0.553. The first-order valence-electron chi connectivity index (χ1n) is 9.40. The Balaban J connectivity index is 2.03. The molecule has 0 radical (unpaired) electrons. The molecule has 0 unspecified atom stereocenters. The molecule has 0 aliphatic rings. The van der Waals surface area contributed by atoms with Gasteiger partial charge in [-0.15, -0.1) is 0 Å². The highest BCUT2D eigenvalue weighted by Gasteiger charge is 2.18. The number of amides is 1. The Labute approximate surface area is 171 Å². The van der Waals surface area contributed by atoms with Gasteiger partial charge in [-0.25, -0.2) is 0 Å². The Morgan fingerprint density at radius 2 is 1.28 bits per heavy atom. The second-order valence-electron chi connectivity index (χ2n) is 6.53. The number of nitrogens with zero attached hydrogens (tertiary/aromatic N) is 1. The zero-order chi connectivity index (χ0) is 20.5. The predicted molar refractivity (Wildman–Crippen MR) is 114 cm³/mol. The largest absolute Gasteiger partial charge is 0.469 e. The highest BCUT2D eigenvalue weighted by molar-refractivity contribution is 5.95. The lowest BCUT2D eigenvalue weighted by atomic mass is 9.98. The van der Waals surface area contributed by atoms with Crippen LogP contribution in [-0.4, -0.2) is 23.9 Å². The quantitative estimate of drug-likeness (QED) is 0.439. The number of hydrogen-bond donors (Lipinski definition) is 0. The average Bonchev–Trinajstić information content (AvgIpc) is 2.78. The molecule has 4 nitrogen and oxygen atoms in total. The van der Waals surface area contributed by atoms with E-state index < -0.39 is 5.97 Å². The van der Waals surface area contributed by atoms with Gasteiger partial charge in [-0.2, -0.15) is 0 Å². The van der Waals surface area contributed by atoms with Crippen LogP contribution in [0.25, 0.3) is 5.57 Å². The topological polar surface area (TPSA) is 46.6 Å². The van der Waals surface area contributed by atoms with Crippen LogP contribution in [0, 0.1) is 0 Å². The van der Waals surface area contributed by atoms with Crippen LogP contribution in [0.15, 0.2) is 97.2 Å². The van der Waals surface area contributed by atoms with Crippen molar-refractivity contribution in [2.45, 2.75) is 13.0 Å². The number of hydrogen-bond acceptors (Lipinski definition) is 3. The van der Waals surface area contributed by atoms with Crippen molar-refractivity contribution in [1.82, 2.24) is 4.90 Å². The number of carbonyl (C=O) groups is 2. The van der Waals surface area contributed by atoms with Gasteiger partial charge in [0.25, 0.3) is 0 Å². The highest BCUT2D eigenvalue weighted by atomic mass is 16.5. The second kappa shape index (κ2) is 10.0. The predicted octanol–water partition coefficient (Wildman–Crippen LogP) is 4.67. The maximum atomic E-state index is 12.9. The number of benzene rings is 3. The van der Waals surface area contributed by atoms with Crippen molar-refractivity contribution in [1.29, 1.82) is 0 Å². The molecule has 0 saturated heterocycles. The lowest BCUT2D eigenvalue weighted by molar-refractivity contribution is -0.146. The van der Waals surface area contributed by atoms with E-state index in [9.17, 15) is 9.59 Å². The summed E-state index contributed by atoms with van der Waals surface area (Å²) in [6, 6.07) is 29.5. The van der Waals surface area contributed by atoms with Gasteiger partial charge in [0.05, 0.1) is 13.7 Å². The van der Waals surface area contributed by atoms with Crippen LogP contribution in [-0.2, 0) is 20.9 Å². The fraction of sp³-hybridized carbons (Fsp3) is 0.120. The van der Waals surface area contributed by atoms with Gasteiger partial charge >= 0.3 is 5.97 Å². The molecule has 4 heteroatoms. The smallest absolute Gasteiger partial charge is 0.315 e. The van der Waals surface area contributed by atoms with E-state index in [1.165, 1.54) is 7.11 Å². The zero-order valence-electron chi connectivity index (χ0n) is 16.3. The third-order valence-electron chi connectivity index (χ3n) is 4.49. The number of rotatable bonds is 7. The highest BCUT2D eigenvalue weighted by Crippen LogP contribution is 2.25.